The Bertz CT molecular complexity index is 676. The predicted molar refractivity (Wildman–Crippen MR) is 97.2 cm³/mol. The van der Waals surface area contributed by atoms with Gasteiger partial charge in [0.05, 0.1) is 17.8 Å². The summed E-state index contributed by atoms with van der Waals surface area (Å²) in [4.78, 5) is 12.4. The lowest BCUT2D eigenvalue weighted by atomic mass is 10.0. The standard InChI is InChI=1S/C19H28N4O/c1-13(2)10-16(12-20)21-19(24)11-18-14(3)22-23(15(18)4)17-8-6-5-7-9-17/h5-9,13,16H,10-12,20H2,1-4H3,(H,21,24). The lowest BCUT2D eigenvalue weighted by molar-refractivity contribution is -0.121. The van der Waals surface area contributed by atoms with Crippen molar-refractivity contribution in [3.63, 3.8) is 0 Å². The number of nitrogens with zero attached hydrogens (tertiary/aromatic N) is 2. The van der Waals surface area contributed by atoms with Crippen LogP contribution in [0.4, 0.5) is 0 Å². The van der Waals surface area contributed by atoms with Gasteiger partial charge in [0, 0.05) is 23.8 Å². The third-order valence-electron chi connectivity index (χ3n) is 4.18. The Labute approximate surface area is 144 Å². The number of hydrogen-bond donors (Lipinski definition) is 2. The molecule has 24 heavy (non-hydrogen) atoms. The first-order valence-electron chi connectivity index (χ1n) is 8.52. The normalized spacial score (nSPS) is 12.4. The van der Waals surface area contributed by atoms with E-state index < -0.39 is 0 Å². The molecule has 0 aliphatic carbocycles. The summed E-state index contributed by atoms with van der Waals surface area (Å²) in [6, 6.07) is 9.99. The Morgan fingerprint density at radius 1 is 1.25 bits per heavy atom. The molecule has 1 unspecified atom stereocenters. The highest BCUT2D eigenvalue weighted by Crippen LogP contribution is 2.18. The lowest BCUT2D eigenvalue weighted by Crippen LogP contribution is -2.41. The quantitative estimate of drug-likeness (QED) is 0.820. The largest absolute Gasteiger partial charge is 0.352 e. The second-order valence-corrected chi connectivity index (χ2v) is 6.70. The molecule has 0 bridgehead atoms. The maximum Gasteiger partial charge on any atom is 0.224 e. The molecule has 0 fully saturated rings. The molecule has 1 heterocycles. The van der Waals surface area contributed by atoms with Crippen molar-refractivity contribution < 1.29 is 4.79 Å². The molecule has 1 aromatic heterocycles. The highest BCUT2D eigenvalue weighted by molar-refractivity contribution is 5.79. The van der Waals surface area contributed by atoms with E-state index in [0.717, 1.165) is 29.1 Å². The number of rotatable bonds is 7. The fourth-order valence-corrected chi connectivity index (χ4v) is 2.97. The average Bonchev–Trinajstić information content (AvgIpc) is 2.82. The fraction of sp³-hybridized carbons (Fsp3) is 0.474. The maximum absolute atomic E-state index is 12.4. The summed E-state index contributed by atoms with van der Waals surface area (Å²) < 4.78 is 1.90. The van der Waals surface area contributed by atoms with Crippen LogP contribution in [0, 0.1) is 19.8 Å². The number of aromatic nitrogens is 2. The molecule has 2 rings (SSSR count). The van der Waals surface area contributed by atoms with Crippen molar-refractivity contribution in [2.45, 2.75) is 46.6 Å². The topological polar surface area (TPSA) is 72.9 Å². The summed E-state index contributed by atoms with van der Waals surface area (Å²) in [5, 5.41) is 7.64. The van der Waals surface area contributed by atoms with E-state index in [0.29, 0.717) is 18.9 Å². The minimum atomic E-state index is 0.00455. The Hall–Kier alpha value is -2.14. The zero-order valence-corrected chi connectivity index (χ0v) is 15.0. The minimum absolute atomic E-state index is 0.00455. The molecule has 2 aromatic rings. The molecule has 0 spiro atoms. The number of hydrogen-bond acceptors (Lipinski definition) is 3. The molecule has 3 N–H and O–H groups in total. The van der Waals surface area contributed by atoms with Gasteiger partial charge in [0.25, 0.3) is 0 Å². The van der Waals surface area contributed by atoms with Crippen LogP contribution in [0.25, 0.3) is 5.69 Å². The molecule has 1 atom stereocenters. The zero-order chi connectivity index (χ0) is 17.7. The highest BCUT2D eigenvalue weighted by atomic mass is 16.1. The van der Waals surface area contributed by atoms with Crippen molar-refractivity contribution in [1.82, 2.24) is 15.1 Å². The number of nitrogens with one attached hydrogen (secondary N) is 1. The summed E-state index contributed by atoms with van der Waals surface area (Å²) in [5.41, 5.74) is 9.65. The number of benzene rings is 1. The first-order valence-corrected chi connectivity index (χ1v) is 8.52. The lowest BCUT2D eigenvalue weighted by Gasteiger charge is -2.18. The van der Waals surface area contributed by atoms with Crippen molar-refractivity contribution in [3.8, 4) is 5.69 Å². The number of carbonyl (C=O) groups excluding carboxylic acids is 1. The molecular weight excluding hydrogens is 300 g/mol. The van der Waals surface area contributed by atoms with Crippen LogP contribution in [0.1, 0.15) is 37.2 Å². The third kappa shape index (κ3) is 4.45. The first-order chi connectivity index (χ1) is 11.4. The molecule has 1 amide bonds. The molecule has 5 nitrogen and oxygen atoms in total. The van der Waals surface area contributed by atoms with Crippen molar-refractivity contribution in [3.05, 3.63) is 47.3 Å². The van der Waals surface area contributed by atoms with Crippen molar-refractivity contribution in [1.29, 1.82) is 0 Å². The molecule has 5 heteroatoms. The van der Waals surface area contributed by atoms with Gasteiger partial charge >= 0.3 is 0 Å². The van der Waals surface area contributed by atoms with Crippen LogP contribution < -0.4 is 11.1 Å². The summed E-state index contributed by atoms with van der Waals surface area (Å²) in [7, 11) is 0. The number of para-hydroxylation sites is 1. The van der Waals surface area contributed by atoms with E-state index >= 15 is 0 Å². The molecule has 1 aromatic carbocycles. The maximum atomic E-state index is 12.4. The van der Waals surface area contributed by atoms with Gasteiger partial charge in [-0.05, 0) is 38.3 Å². The molecule has 130 valence electrons. The number of amides is 1. The van der Waals surface area contributed by atoms with Gasteiger partial charge in [-0.1, -0.05) is 32.0 Å². The Balaban J connectivity index is 2.13. The van der Waals surface area contributed by atoms with Crippen LogP contribution in [0.2, 0.25) is 0 Å². The van der Waals surface area contributed by atoms with Gasteiger partial charge in [0.2, 0.25) is 5.91 Å². The monoisotopic (exact) mass is 328 g/mol. The van der Waals surface area contributed by atoms with E-state index in [4.69, 9.17) is 5.73 Å². The predicted octanol–water partition coefficient (Wildman–Crippen LogP) is 2.52. The summed E-state index contributed by atoms with van der Waals surface area (Å²) in [6.07, 6.45) is 1.22. The van der Waals surface area contributed by atoms with Crippen LogP contribution in [0.5, 0.6) is 0 Å². The number of carbonyl (C=O) groups is 1. The van der Waals surface area contributed by atoms with E-state index in [9.17, 15) is 4.79 Å². The molecule has 0 radical (unpaired) electrons. The molecule has 0 saturated heterocycles. The Morgan fingerprint density at radius 2 is 1.92 bits per heavy atom. The average molecular weight is 328 g/mol. The SMILES string of the molecule is Cc1nn(-c2ccccc2)c(C)c1CC(=O)NC(CN)CC(C)C. The summed E-state index contributed by atoms with van der Waals surface area (Å²) >= 11 is 0. The Morgan fingerprint density at radius 3 is 2.50 bits per heavy atom. The first kappa shape index (κ1) is 18.2. The smallest absolute Gasteiger partial charge is 0.224 e. The summed E-state index contributed by atoms with van der Waals surface area (Å²) in [6.45, 7) is 8.68. The van der Waals surface area contributed by atoms with Crippen LogP contribution in [0.3, 0.4) is 0 Å². The van der Waals surface area contributed by atoms with Gasteiger partial charge in [0.1, 0.15) is 0 Å². The van der Waals surface area contributed by atoms with Crippen LogP contribution in [0.15, 0.2) is 30.3 Å². The molecule has 0 aliphatic rings. The summed E-state index contributed by atoms with van der Waals surface area (Å²) in [5.74, 6) is 0.507. The molecule has 0 aliphatic heterocycles. The van der Waals surface area contributed by atoms with E-state index in [2.05, 4.69) is 24.3 Å². The minimum Gasteiger partial charge on any atom is -0.352 e. The Kier molecular flexibility index (Phi) is 6.15. The van der Waals surface area contributed by atoms with Crippen molar-refractivity contribution >= 4 is 5.91 Å². The van der Waals surface area contributed by atoms with Crippen molar-refractivity contribution in [2.24, 2.45) is 11.7 Å². The number of aryl methyl sites for hydroxylation is 1. The van der Waals surface area contributed by atoms with Crippen LogP contribution >= 0.6 is 0 Å². The van der Waals surface area contributed by atoms with Gasteiger partial charge in [0.15, 0.2) is 0 Å². The third-order valence-corrected chi connectivity index (χ3v) is 4.18. The van der Waals surface area contributed by atoms with Crippen molar-refractivity contribution in [2.75, 3.05) is 6.54 Å². The van der Waals surface area contributed by atoms with E-state index in [1.807, 2.05) is 48.9 Å². The van der Waals surface area contributed by atoms with Gasteiger partial charge in [-0.25, -0.2) is 4.68 Å². The fourth-order valence-electron chi connectivity index (χ4n) is 2.97. The van der Waals surface area contributed by atoms with Gasteiger partial charge in [-0.15, -0.1) is 0 Å². The molecule has 0 saturated carbocycles. The number of nitrogens with two attached hydrogens (primary N) is 1. The van der Waals surface area contributed by atoms with Crippen LogP contribution in [-0.2, 0) is 11.2 Å². The van der Waals surface area contributed by atoms with Gasteiger partial charge in [-0.3, -0.25) is 4.79 Å². The zero-order valence-electron chi connectivity index (χ0n) is 15.0. The molecular formula is C19H28N4O. The van der Waals surface area contributed by atoms with E-state index in [1.54, 1.807) is 0 Å². The van der Waals surface area contributed by atoms with Gasteiger partial charge in [-0.2, -0.15) is 5.10 Å². The second-order valence-electron chi connectivity index (χ2n) is 6.70. The van der Waals surface area contributed by atoms with Crippen LogP contribution in [-0.4, -0.2) is 28.3 Å². The second kappa shape index (κ2) is 8.11. The van der Waals surface area contributed by atoms with E-state index in [-0.39, 0.29) is 11.9 Å². The highest BCUT2D eigenvalue weighted by Gasteiger charge is 2.18. The van der Waals surface area contributed by atoms with Gasteiger partial charge < -0.3 is 11.1 Å². The van der Waals surface area contributed by atoms with E-state index in [1.165, 1.54) is 0 Å².